The van der Waals surface area contributed by atoms with Gasteiger partial charge in [-0.05, 0) is 48.7 Å². The predicted octanol–water partition coefficient (Wildman–Crippen LogP) is 4.75. The van der Waals surface area contributed by atoms with Gasteiger partial charge in [0.05, 0.1) is 32.6 Å². The van der Waals surface area contributed by atoms with E-state index in [-0.39, 0.29) is 24.0 Å². The van der Waals surface area contributed by atoms with Crippen LogP contribution in [0.2, 0.25) is 0 Å². The number of benzene rings is 2. The number of aromatic nitrogens is 1. The molecule has 0 aliphatic carbocycles. The van der Waals surface area contributed by atoms with Crippen molar-refractivity contribution in [2.24, 2.45) is 0 Å². The Labute approximate surface area is 211 Å². The molecule has 2 aromatic carbocycles. The number of halogens is 3. The van der Waals surface area contributed by atoms with E-state index in [0.29, 0.717) is 49.8 Å². The molecule has 10 heteroatoms. The zero-order valence-corrected chi connectivity index (χ0v) is 20.4. The molecule has 3 heterocycles. The smallest absolute Gasteiger partial charge is 0.496 e. The van der Waals surface area contributed by atoms with E-state index in [1.165, 1.54) is 25.3 Å². The molecule has 2 aliphatic rings. The lowest BCUT2D eigenvalue weighted by Crippen LogP contribution is -2.34. The van der Waals surface area contributed by atoms with Crippen molar-refractivity contribution in [2.75, 3.05) is 33.5 Å². The molecule has 0 spiro atoms. The van der Waals surface area contributed by atoms with Crippen LogP contribution in [-0.4, -0.2) is 50.6 Å². The van der Waals surface area contributed by atoms with Gasteiger partial charge in [0.15, 0.2) is 0 Å². The van der Waals surface area contributed by atoms with Gasteiger partial charge in [-0.1, -0.05) is 12.1 Å². The van der Waals surface area contributed by atoms with E-state index in [2.05, 4.69) is 4.74 Å². The number of pyridine rings is 1. The number of alkyl halides is 3. The van der Waals surface area contributed by atoms with E-state index in [0.717, 1.165) is 27.9 Å². The SMILES string of the molecule is COc1cc2c(cc1-c1ccc(OC(F)(F)F)cc1)CCn1c-2c(C)c(OC[C@@H]2COCCO2)cc1=O. The Kier molecular flexibility index (Phi) is 6.87. The van der Waals surface area contributed by atoms with E-state index < -0.39 is 6.36 Å². The standard InChI is InChI=1S/C27H26F3NO6/c1-16-23(36-15-20-14-34-9-10-35-20)13-25(32)31-8-7-18-11-21(24(33-2)12-22(18)26(16)31)17-3-5-19(6-4-17)37-27(28,29)30/h3-6,11-13,20H,7-10,14-15H2,1-2H3/t20-/m0/s1. The van der Waals surface area contributed by atoms with Gasteiger partial charge in [0.2, 0.25) is 0 Å². The Morgan fingerprint density at radius 1 is 1.05 bits per heavy atom. The second-order valence-corrected chi connectivity index (χ2v) is 8.88. The average molecular weight is 518 g/mol. The monoisotopic (exact) mass is 517 g/mol. The summed E-state index contributed by atoms with van der Waals surface area (Å²) in [4.78, 5) is 13.0. The number of rotatable bonds is 6. The van der Waals surface area contributed by atoms with Crippen LogP contribution in [-0.2, 0) is 22.4 Å². The van der Waals surface area contributed by atoms with Crippen LogP contribution < -0.4 is 19.8 Å². The first-order chi connectivity index (χ1) is 17.7. The van der Waals surface area contributed by atoms with Crippen LogP contribution in [0, 0.1) is 6.92 Å². The largest absolute Gasteiger partial charge is 0.573 e. The quantitative estimate of drug-likeness (QED) is 0.470. The second kappa shape index (κ2) is 10.1. The van der Waals surface area contributed by atoms with Crippen molar-refractivity contribution in [3.8, 4) is 39.6 Å². The van der Waals surface area contributed by atoms with Crippen LogP contribution in [0.3, 0.4) is 0 Å². The fourth-order valence-corrected chi connectivity index (χ4v) is 4.78. The van der Waals surface area contributed by atoms with E-state index in [9.17, 15) is 18.0 Å². The molecule has 196 valence electrons. The van der Waals surface area contributed by atoms with E-state index >= 15 is 0 Å². The maximum atomic E-state index is 13.0. The molecule has 1 saturated heterocycles. The molecule has 1 fully saturated rings. The topological polar surface area (TPSA) is 68.2 Å². The lowest BCUT2D eigenvalue weighted by molar-refractivity contribution is -0.274. The fourth-order valence-electron chi connectivity index (χ4n) is 4.78. The number of hydrogen-bond acceptors (Lipinski definition) is 6. The summed E-state index contributed by atoms with van der Waals surface area (Å²) in [6, 6.07) is 11.0. The fraction of sp³-hybridized carbons (Fsp3) is 0.370. The predicted molar refractivity (Wildman–Crippen MR) is 129 cm³/mol. The van der Waals surface area contributed by atoms with Crippen molar-refractivity contribution in [3.63, 3.8) is 0 Å². The minimum absolute atomic E-state index is 0.162. The Morgan fingerprint density at radius 3 is 2.51 bits per heavy atom. The molecule has 0 unspecified atom stereocenters. The molecule has 7 nitrogen and oxygen atoms in total. The van der Waals surface area contributed by atoms with Gasteiger partial charge in [-0.3, -0.25) is 4.79 Å². The van der Waals surface area contributed by atoms with Gasteiger partial charge in [0.25, 0.3) is 5.56 Å². The van der Waals surface area contributed by atoms with Crippen molar-refractivity contribution in [1.29, 1.82) is 0 Å². The summed E-state index contributed by atoms with van der Waals surface area (Å²) < 4.78 is 66.0. The third-order valence-electron chi connectivity index (χ3n) is 6.51. The van der Waals surface area contributed by atoms with Crippen molar-refractivity contribution in [2.45, 2.75) is 32.4 Å². The van der Waals surface area contributed by atoms with Gasteiger partial charge in [-0.25, -0.2) is 0 Å². The first-order valence-electron chi connectivity index (χ1n) is 11.9. The van der Waals surface area contributed by atoms with Crippen LogP contribution in [0.25, 0.3) is 22.4 Å². The zero-order chi connectivity index (χ0) is 26.2. The Morgan fingerprint density at radius 2 is 1.84 bits per heavy atom. The molecule has 0 radical (unpaired) electrons. The summed E-state index contributed by atoms with van der Waals surface area (Å²) in [5, 5.41) is 0. The van der Waals surface area contributed by atoms with Gasteiger partial charge >= 0.3 is 6.36 Å². The highest BCUT2D eigenvalue weighted by atomic mass is 19.4. The number of fused-ring (bicyclic) bond motifs is 3. The van der Waals surface area contributed by atoms with Gasteiger partial charge in [-0.15, -0.1) is 13.2 Å². The molecule has 1 aromatic heterocycles. The summed E-state index contributed by atoms with van der Waals surface area (Å²) in [5.41, 5.74) is 4.67. The Balaban J connectivity index is 1.50. The summed E-state index contributed by atoms with van der Waals surface area (Å²) in [6.07, 6.45) is -4.34. The highest BCUT2D eigenvalue weighted by Crippen LogP contribution is 2.41. The lowest BCUT2D eigenvalue weighted by Gasteiger charge is -2.27. The van der Waals surface area contributed by atoms with Crippen molar-refractivity contribution < 1.29 is 36.9 Å². The molecule has 0 N–H and O–H groups in total. The first-order valence-corrected chi connectivity index (χ1v) is 11.9. The maximum absolute atomic E-state index is 13.0. The van der Waals surface area contributed by atoms with Crippen molar-refractivity contribution >= 4 is 0 Å². The van der Waals surface area contributed by atoms with Crippen molar-refractivity contribution in [1.82, 2.24) is 4.57 Å². The van der Waals surface area contributed by atoms with Crippen molar-refractivity contribution in [3.05, 3.63) is 63.9 Å². The minimum atomic E-state index is -4.76. The Hall–Kier alpha value is -3.50. The minimum Gasteiger partial charge on any atom is -0.496 e. The van der Waals surface area contributed by atoms with Crippen LogP contribution in [0.15, 0.2) is 47.3 Å². The summed E-state index contributed by atoms with van der Waals surface area (Å²) in [5.74, 6) is 0.721. The average Bonchev–Trinajstić information content (AvgIpc) is 2.88. The molecular weight excluding hydrogens is 491 g/mol. The van der Waals surface area contributed by atoms with E-state index in [1.807, 2.05) is 19.1 Å². The first kappa shape index (κ1) is 25.2. The van der Waals surface area contributed by atoms with E-state index in [1.54, 1.807) is 16.7 Å². The lowest BCUT2D eigenvalue weighted by atomic mass is 9.90. The molecular formula is C27H26F3NO6. The van der Waals surface area contributed by atoms with Crippen LogP contribution in [0.5, 0.6) is 17.2 Å². The number of methoxy groups -OCH3 is 1. The molecule has 3 aromatic rings. The normalized spacial score (nSPS) is 17.1. The highest BCUT2D eigenvalue weighted by Gasteiger charge is 2.31. The van der Waals surface area contributed by atoms with Gasteiger partial charge in [0.1, 0.15) is 30.0 Å². The number of ether oxygens (including phenoxy) is 5. The maximum Gasteiger partial charge on any atom is 0.573 e. The molecule has 0 amide bonds. The number of aryl methyl sites for hydroxylation is 1. The highest BCUT2D eigenvalue weighted by molar-refractivity contribution is 5.80. The molecule has 1 atom stereocenters. The zero-order valence-electron chi connectivity index (χ0n) is 20.4. The van der Waals surface area contributed by atoms with Gasteiger partial charge in [0, 0.05) is 29.3 Å². The molecule has 0 saturated carbocycles. The molecule has 5 rings (SSSR count). The van der Waals surface area contributed by atoms with Crippen LogP contribution >= 0.6 is 0 Å². The van der Waals surface area contributed by atoms with Crippen LogP contribution in [0.4, 0.5) is 13.2 Å². The number of hydrogen-bond donors (Lipinski definition) is 0. The number of nitrogens with zero attached hydrogens (tertiary/aromatic N) is 1. The summed E-state index contributed by atoms with van der Waals surface area (Å²) >= 11 is 0. The third-order valence-corrected chi connectivity index (χ3v) is 6.51. The molecule has 2 aliphatic heterocycles. The Bertz CT molecular complexity index is 1340. The third kappa shape index (κ3) is 5.30. The second-order valence-electron chi connectivity index (χ2n) is 8.88. The summed E-state index contributed by atoms with van der Waals surface area (Å²) in [7, 11) is 1.53. The molecule has 37 heavy (non-hydrogen) atoms. The molecule has 0 bridgehead atoms. The van der Waals surface area contributed by atoms with Gasteiger partial charge in [-0.2, -0.15) is 0 Å². The van der Waals surface area contributed by atoms with E-state index in [4.69, 9.17) is 18.9 Å². The van der Waals surface area contributed by atoms with Gasteiger partial charge < -0.3 is 28.3 Å². The summed E-state index contributed by atoms with van der Waals surface area (Å²) in [6.45, 7) is 4.18. The van der Waals surface area contributed by atoms with Crippen LogP contribution in [0.1, 0.15) is 11.1 Å².